The van der Waals surface area contributed by atoms with Crippen LogP contribution in [0.15, 0.2) is 60.7 Å². The fourth-order valence-electron chi connectivity index (χ4n) is 5.11. The predicted molar refractivity (Wildman–Crippen MR) is 184 cm³/mol. The topological polar surface area (TPSA) is 128 Å². The normalized spacial score (nSPS) is 11.6. The van der Waals surface area contributed by atoms with Gasteiger partial charge in [-0.25, -0.2) is 4.79 Å². The number of nitriles is 1. The van der Waals surface area contributed by atoms with Crippen molar-refractivity contribution >= 4 is 24.3 Å². The fourth-order valence-corrected chi connectivity index (χ4v) is 5.11. The van der Waals surface area contributed by atoms with E-state index in [1.54, 1.807) is 40.6 Å². The highest BCUT2D eigenvalue weighted by molar-refractivity contribution is 5.91. The van der Waals surface area contributed by atoms with Crippen LogP contribution in [0.2, 0.25) is 0 Å². The Balaban J connectivity index is 0.000000661. The molecule has 10 nitrogen and oxygen atoms in total. The van der Waals surface area contributed by atoms with E-state index in [0.717, 1.165) is 49.4 Å². The van der Waals surface area contributed by atoms with Crippen LogP contribution in [0.3, 0.4) is 0 Å². The Morgan fingerprint density at radius 3 is 1.96 bits per heavy atom. The molecule has 47 heavy (non-hydrogen) atoms. The van der Waals surface area contributed by atoms with Crippen LogP contribution in [-0.4, -0.2) is 70.5 Å². The summed E-state index contributed by atoms with van der Waals surface area (Å²) in [6, 6.07) is 20.5. The average molecular weight is 671 g/mol. The largest absolute Gasteiger partial charge is 0.493 e. The van der Waals surface area contributed by atoms with Crippen LogP contribution in [-0.2, 0) is 16.6 Å². The van der Waals surface area contributed by atoms with Gasteiger partial charge in [0.2, 0.25) is 0 Å². The lowest BCUT2D eigenvalue weighted by Gasteiger charge is -2.32. The third-order valence-electron chi connectivity index (χ3n) is 7.80. The number of carbonyl (C=O) groups is 2. The van der Waals surface area contributed by atoms with E-state index in [0.29, 0.717) is 11.5 Å². The zero-order valence-corrected chi connectivity index (χ0v) is 29.3. The molecule has 256 valence electrons. The molecular weight excluding hydrogens is 624 g/mol. The first-order chi connectivity index (χ1) is 22.0. The van der Waals surface area contributed by atoms with E-state index in [1.807, 2.05) is 30.3 Å². The van der Waals surface area contributed by atoms with Gasteiger partial charge in [0.1, 0.15) is 11.3 Å². The number of ether oxygens (including phenoxy) is 5. The van der Waals surface area contributed by atoms with Gasteiger partial charge in [-0.3, -0.25) is 4.79 Å². The lowest BCUT2D eigenvalue weighted by Crippen LogP contribution is -2.32. The van der Waals surface area contributed by atoms with Crippen molar-refractivity contribution in [2.45, 2.75) is 45.4 Å². The van der Waals surface area contributed by atoms with Crippen molar-refractivity contribution in [2.75, 3.05) is 48.6 Å². The van der Waals surface area contributed by atoms with Crippen molar-refractivity contribution in [1.29, 1.82) is 5.26 Å². The van der Waals surface area contributed by atoms with Gasteiger partial charge in [-0.1, -0.05) is 38.1 Å². The summed E-state index contributed by atoms with van der Waals surface area (Å²) >= 11 is 0. The van der Waals surface area contributed by atoms with Gasteiger partial charge in [0.25, 0.3) is 0 Å². The highest BCUT2D eigenvalue weighted by atomic mass is 35.5. The molecule has 0 heterocycles. The molecule has 1 unspecified atom stereocenters. The molecule has 0 aliphatic heterocycles. The maximum atomic E-state index is 10.6. The molecule has 3 aromatic carbocycles. The summed E-state index contributed by atoms with van der Waals surface area (Å²) in [5.41, 5.74) is 1.59. The van der Waals surface area contributed by atoms with E-state index in [9.17, 15) is 14.9 Å². The number of rotatable bonds is 15. The van der Waals surface area contributed by atoms with E-state index in [2.05, 4.69) is 42.7 Å². The van der Waals surface area contributed by atoms with Crippen LogP contribution in [0.5, 0.6) is 28.7 Å². The van der Waals surface area contributed by atoms with E-state index < -0.39 is 17.4 Å². The minimum atomic E-state index is -1.11. The molecule has 0 aliphatic carbocycles. The predicted octanol–water partition coefficient (Wildman–Crippen LogP) is 6.82. The molecule has 0 spiro atoms. The van der Waals surface area contributed by atoms with E-state index in [1.165, 1.54) is 24.6 Å². The molecule has 0 aliphatic rings. The van der Waals surface area contributed by atoms with Crippen LogP contribution in [0.25, 0.3) is 0 Å². The second kappa shape index (κ2) is 19.9. The average Bonchev–Trinajstić information content (AvgIpc) is 3.05. The summed E-state index contributed by atoms with van der Waals surface area (Å²) in [4.78, 5) is 23.5. The van der Waals surface area contributed by atoms with Gasteiger partial charge >= 0.3 is 11.9 Å². The van der Waals surface area contributed by atoms with Crippen molar-refractivity contribution < 1.29 is 38.4 Å². The third-order valence-corrected chi connectivity index (χ3v) is 7.80. The van der Waals surface area contributed by atoms with E-state index >= 15 is 0 Å². The minimum Gasteiger partial charge on any atom is -0.493 e. The Kier molecular flexibility index (Phi) is 17.2. The number of aromatic carboxylic acids is 1. The van der Waals surface area contributed by atoms with Crippen LogP contribution in [0.4, 0.5) is 0 Å². The Morgan fingerprint density at radius 1 is 0.851 bits per heavy atom. The molecule has 0 saturated carbocycles. The number of carbonyl (C=O) groups excluding carboxylic acids is 1. The molecule has 0 aromatic heterocycles. The summed E-state index contributed by atoms with van der Waals surface area (Å²) < 4.78 is 26.3. The summed E-state index contributed by atoms with van der Waals surface area (Å²) in [7, 11) is 8.67. The van der Waals surface area contributed by atoms with Gasteiger partial charge in [-0.15, -0.1) is 12.4 Å². The molecule has 11 heteroatoms. The van der Waals surface area contributed by atoms with Gasteiger partial charge < -0.3 is 33.7 Å². The molecule has 0 saturated heterocycles. The number of methoxy groups -OCH3 is 4. The molecule has 1 atom stereocenters. The Bertz CT molecular complexity index is 1490. The fraction of sp³-hybridized carbons (Fsp3) is 0.417. The highest BCUT2D eigenvalue weighted by Gasteiger charge is 2.36. The first kappa shape index (κ1) is 40.6. The molecule has 1 N–H and O–H groups in total. The maximum absolute atomic E-state index is 10.6. The minimum absolute atomic E-state index is 0. The molecule has 3 aromatic rings. The summed E-state index contributed by atoms with van der Waals surface area (Å²) in [6.45, 7) is 7.28. The highest BCUT2D eigenvalue weighted by Crippen LogP contribution is 2.40. The number of esters is 1. The zero-order valence-electron chi connectivity index (χ0n) is 28.5. The first-order valence-electron chi connectivity index (χ1n) is 15.0. The molecule has 0 radical (unpaired) electrons. The second-order valence-electron chi connectivity index (χ2n) is 11.0. The zero-order chi connectivity index (χ0) is 34.3. The lowest BCUT2D eigenvalue weighted by atomic mass is 9.69. The van der Waals surface area contributed by atoms with Crippen LogP contribution in [0, 0.1) is 17.2 Å². The van der Waals surface area contributed by atoms with Crippen molar-refractivity contribution in [3.05, 3.63) is 77.4 Å². The number of carboxylic acid groups (broad SMARTS) is 1. The van der Waals surface area contributed by atoms with E-state index in [4.69, 9.17) is 24.1 Å². The lowest BCUT2D eigenvalue weighted by molar-refractivity contribution is -0.131. The standard InChI is InChI=1S/C27H38N2O4.C9H8O4.ClH/c1-20(2)27(19-28,22-10-12-24(31-5)26(18-22)33-7)14-8-15-29(3)16-13-21-9-11-23(30-4)25(17-21)32-6;1-6(10)13-8-5-3-2-4-7(8)9(11)12;/h9-12,17-18,20H,8,13-16H2,1-7H3;2-5H,1H3,(H,11,12);1H. The maximum Gasteiger partial charge on any atom is 0.339 e. The number of carboxylic acids is 1. The van der Waals surface area contributed by atoms with Gasteiger partial charge in [0, 0.05) is 13.5 Å². The quantitative estimate of drug-likeness (QED) is 0.136. The number of benzene rings is 3. The van der Waals surface area contributed by atoms with Crippen molar-refractivity contribution in [3.8, 4) is 34.8 Å². The van der Waals surface area contributed by atoms with Crippen LogP contribution >= 0.6 is 12.4 Å². The molecule has 0 fully saturated rings. The van der Waals surface area contributed by atoms with E-state index in [-0.39, 0.29) is 29.6 Å². The van der Waals surface area contributed by atoms with Gasteiger partial charge in [-0.2, -0.15) is 5.26 Å². The second-order valence-corrected chi connectivity index (χ2v) is 11.0. The van der Waals surface area contributed by atoms with Gasteiger partial charge in [0.05, 0.1) is 39.9 Å². The SMILES string of the molecule is CC(=O)Oc1ccccc1C(=O)O.COc1ccc(CCN(C)CCCC(C#N)(c2ccc(OC)c(OC)c2)C(C)C)cc1OC.Cl. The third kappa shape index (κ3) is 11.4. The molecule has 0 bridgehead atoms. The Labute approximate surface area is 284 Å². The number of nitrogens with zero attached hydrogens (tertiary/aromatic N) is 2. The molecular formula is C36H47ClN2O8. The Hall–Kier alpha value is -4.46. The number of hydrogen-bond donors (Lipinski definition) is 1. The van der Waals surface area contributed by atoms with Gasteiger partial charge in [0.15, 0.2) is 23.0 Å². The summed E-state index contributed by atoms with van der Waals surface area (Å²) in [6.07, 6.45) is 2.61. The van der Waals surface area contributed by atoms with Crippen LogP contribution in [0.1, 0.15) is 55.1 Å². The summed E-state index contributed by atoms with van der Waals surface area (Å²) in [5.74, 6) is 1.41. The van der Waals surface area contributed by atoms with Crippen molar-refractivity contribution in [1.82, 2.24) is 4.90 Å². The summed E-state index contributed by atoms with van der Waals surface area (Å²) in [5, 5.41) is 18.9. The first-order valence-corrected chi connectivity index (χ1v) is 15.0. The molecule has 3 rings (SSSR count). The van der Waals surface area contributed by atoms with Crippen molar-refractivity contribution in [3.63, 3.8) is 0 Å². The number of halogens is 1. The van der Waals surface area contributed by atoms with Crippen molar-refractivity contribution in [2.24, 2.45) is 5.92 Å². The smallest absolute Gasteiger partial charge is 0.339 e. The number of para-hydroxylation sites is 1. The molecule has 0 amide bonds. The Morgan fingerprint density at radius 2 is 1.43 bits per heavy atom. The number of likely N-dealkylation sites (N-methyl/N-ethyl adjacent to an activating group) is 1. The van der Waals surface area contributed by atoms with Gasteiger partial charge in [-0.05, 0) is 86.3 Å². The van der Waals surface area contributed by atoms with Crippen LogP contribution < -0.4 is 23.7 Å². The monoisotopic (exact) mass is 670 g/mol. The number of hydrogen-bond acceptors (Lipinski definition) is 9.